The molecule has 0 spiro atoms. The van der Waals surface area contributed by atoms with Crippen molar-refractivity contribution < 1.29 is 9.18 Å². The highest BCUT2D eigenvalue weighted by Gasteiger charge is 2.16. The van der Waals surface area contributed by atoms with Crippen molar-refractivity contribution in [1.82, 2.24) is 20.1 Å². The number of hydrogen-bond acceptors (Lipinski definition) is 4. The Morgan fingerprint density at radius 1 is 1.48 bits per heavy atom. The predicted molar refractivity (Wildman–Crippen MR) is 87.4 cm³/mol. The van der Waals surface area contributed by atoms with Gasteiger partial charge in [0.15, 0.2) is 5.82 Å². The molecule has 1 aliphatic rings. The van der Waals surface area contributed by atoms with Gasteiger partial charge in [-0.05, 0) is 50.0 Å². The molecule has 0 radical (unpaired) electrons. The van der Waals surface area contributed by atoms with Crippen LogP contribution in [0.1, 0.15) is 19.3 Å². The SMILES string of the molecule is Cl.O=C(CCC1CCNC1)Nc1ccc(-n2cncn2)c(F)c1. The van der Waals surface area contributed by atoms with Crippen molar-refractivity contribution in [3.63, 3.8) is 0 Å². The van der Waals surface area contributed by atoms with E-state index in [4.69, 9.17) is 0 Å². The summed E-state index contributed by atoms with van der Waals surface area (Å²) < 4.78 is 15.4. The van der Waals surface area contributed by atoms with Crippen LogP contribution >= 0.6 is 12.4 Å². The molecule has 1 saturated heterocycles. The van der Waals surface area contributed by atoms with E-state index in [-0.39, 0.29) is 18.3 Å². The molecule has 0 saturated carbocycles. The Morgan fingerprint density at radius 3 is 3.00 bits per heavy atom. The number of amides is 1. The molecule has 1 unspecified atom stereocenters. The van der Waals surface area contributed by atoms with Gasteiger partial charge in [0.1, 0.15) is 18.3 Å². The smallest absolute Gasteiger partial charge is 0.224 e. The van der Waals surface area contributed by atoms with Crippen LogP contribution in [0, 0.1) is 11.7 Å². The highest BCUT2D eigenvalue weighted by molar-refractivity contribution is 5.90. The molecule has 23 heavy (non-hydrogen) atoms. The standard InChI is InChI=1S/C15H18FN5O.ClH/c16-13-7-12(2-3-14(13)21-10-18-9-19-21)20-15(22)4-1-11-5-6-17-8-11;/h2-3,7,9-11,17H,1,4-6,8H2,(H,20,22);1H. The van der Waals surface area contributed by atoms with Gasteiger partial charge < -0.3 is 10.6 Å². The number of anilines is 1. The number of benzene rings is 1. The van der Waals surface area contributed by atoms with Crippen molar-refractivity contribution in [2.75, 3.05) is 18.4 Å². The second-order valence-electron chi connectivity index (χ2n) is 5.45. The van der Waals surface area contributed by atoms with Crippen molar-refractivity contribution in [2.45, 2.75) is 19.3 Å². The van der Waals surface area contributed by atoms with Crippen LogP contribution < -0.4 is 10.6 Å². The molecule has 3 rings (SSSR count). The van der Waals surface area contributed by atoms with Crippen LogP contribution in [-0.4, -0.2) is 33.8 Å². The molecule has 2 heterocycles. The molecular weight excluding hydrogens is 321 g/mol. The quantitative estimate of drug-likeness (QED) is 0.875. The normalized spacial score (nSPS) is 16.8. The average molecular weight is 340 g/mol. The fraction of sp³-hybridized carbons (Fsp3) is 0.400. The molecule has 1 atom stereocenters. The minimum absolute atomic E-state index is 0. The van der Waals surface area contributed by atoms with E-state index in [2.05, 4.69) is 20.7 Å². The lowest BCUT2D eigenvalue weighted by Crippen LogP contribution is -2.15. The number of nitrogens with zero attached hydrogens (tertiary/aromatic N) is 3. The fourth-order valence-electron chi connectivity index (χ4n) is 2.62. The summed E-state index contributed by atoms with van der Waals surface area (Å²) >= 11 is 0. The summed E-state index contributed by atoms with van der Waals surface area (Å²) in [5.41, 5.74) is 0.753. The summed E-state index contributed by atoms with van der Waals surface area (Å²) in [6.07, 6.45) is 5.20. The van der Waals surface area contributed by atoms with Crippen molar-refractivity contribution in [3.8, 4) is 5.69 Å². The zero-order chi connectivity index (χ0) is 15.4. The molecule has 1 aromatic carbocycles. The van der Waals surface area contributed by atoms with Crippen molar-refractivity contribution in [1.29, 1.82) is 0 Å². The maximum atomic E-state index is 14.0. The Balaban J connectivity index is 0.00000192. The van der Waals surface area contributed by atoms with Gasteiger partial charge in [-0.3, -0.25) is 4.79 Å². The van der Waals surface area contributed by atoms with Crippen molar-refractivity contribution in [2.24, 2.45) is 5.92 Å². The van der Waals surface area contributed by atoms with Crippen LogP contribution in [0.15, 0.2) is 30.9 Å². The molecule has 1 amide bonds. The molecule has 1 fully saturated rings. The van der Waals surface area contributed by atoms with Crippen LogP contribution in [0.3, 0.4) is 0 Å². The number of halogens is 2. The average Bonchev–Trinajstić information content (AvgIpc) is 3.19. The summed E-state index contributed by atoms with van der Waals surface area (Å²) in [4.78, 5) is 15.7. The number of nitrogens with one attached hydrogen (secondary N) is 2. The number of carbonyl (C=O) groups is 1. The maximum Gasteiger partial charge on any atom is 0.224 e. The van der Waals surface area contributed by atoms with Gasteiger partial charge in [-0.2, -0.15) is 5.10 Å². The zero-order valence-electron chi connectivity index (χ0n) is 12.5. The van der Waals surface area contributed by atoms with Gasteiger partial charge >= 0.3 is 0 Å². The van der Waals surface area contributed by atoms with Gasteiger partial charge in [-0.25, -0.2) is 14.1 Å². The van der Waals surface area contributed by atoms with Crippen molar-refractivity contribution >= 4 is 24.0 Å². The van der Waals surface area contributed by atoms with Crippen LogP contribution in [0.5, 0.6) is 0 Å². The third kappa shape index (κ3) is 4.49. The summed E-state index contributed by atoms with van der Waals surface area (Å²) in [6, 6.07) is 4.53. The summed E-state index contributed by atoms with van der Waals surface area (Å²) in [5, 5.41) is 9.90. The molecule has 2 aromatic rings. The van der Waals surface area contributed by atoms with E-state index in [9.17, 15) is 9.18 Å². The van der Waals surface area contributed by atoms with Gasteiger partial charge in [0.05, 0.1) is 0 Å². The molecule has 124 valence electrons. The molecule has 1 aliphatic heterocycles. The molecule has 6 nitrogen and oxygen atoms in total. The Bertz CT molecular complexity index is 643. The van der Waals surface area contributed by atoms with Crippen LogP contribution in [0.25, 0.3) is 5.69 Å². The Hall–Kier alpha value is -1.99. The van der Waals surface area contributed by atoms with Gasteiger partial charge in [-0.15, -0.1) is 12.4 Å². The summed E-state index contributed by atoms with van der Waals surface area (Å²) in [7, 11) is 0. The second-order valence-corrected chi connectivity index (χ2v) is 5.45. The van der Waals surface area contributed by atoms with Gasteiger partial charge in [-0.1, -0.05) is 0 Å². The summed E-state index contributed by atoms with van der Waals surface area (Å²) in [5.74, 6) is 0.0280. The molecule has 0 aliphatic carbocycles. The van der Waals surface area contributed by atoms with E-state index < -0.39 is 5.82 Å². The topological polar surface area (TPSA) is 71.8 Å². The van der Waals surface area contributed by atoms with E-state index in [1.54, 1.807) is 12.1 Å². The van der Waals surface area contributed by atoms with Crippen molar-refractivity contribution in [3.05, 3.63) is 36.7 Å². The van der Waals surface area contributed by atoms with E-state index in [0.717, 1.165) is 25.9 Å². The predicted octanol–water partition coefficient (Wildman–Crippen LogP) is 2.16. The first-order valence-electron chi connectivity index (χ1n) is 7.37. The van der Waals surface area contributed by atoms with E-state index in [1.165, 1.54) is 23.4 Å². The molecule has 0 bridgehead atoms. The molecule has 1 aromatic heterocycles. The van der Waals surface area contributed by atoms with Crippen LogP contribution in [0.4, 0.5) is 10.1 Å². The monoisotopic (exact) mass is 339 g/mol. The molecular formula is C15H19ClFN5O. The lowest BCUT2D eigenvalue weighted by atomic mass is 10.0. The molecule has 8 heteroatoms. The highest BCUT2D eigenvalue weighted by atomic mass is 35.5. The Kier molecular flexibility index (Phi) is 6.06. The fourth-order valence-corrected chi connectivity index (χ4v) is 2.62. The number of carbonyl (C=O) groups excluding carboxylic acids is 1. The number of rotatable bonds is 5. The van der Waals surface area contributed by atoms with Crippen LogP contribution in [-0.2, 0) is 4.79 Å². The maximum absolute atomic E-state index is 14.0. The molecule has 2 N–H and O–H groups in total. The minimum atomic E-state index is -0.455. The minimum Gasteiger partial charge on any atom is -0.326 e. The largest absolute Gasteiger partial charge is 0.326 e. The number of hydrogen-bond donors (Lipinski definition) is 2. The van der Waals surface area contributed by atoms with E-state index in [0.29, 0.717) is 23.7 Å². The third-order valence-electron chi connectivity index (χ3n) is 3.84. The first-order chi connectivity index (χ1) is 10.7. The Morgan fingerprint density at radius 2 is 2.35 bits per heavy atom. The third-order valence-corrected chi connectivity index (χ3v) is 3.84. The zero-order valence-corrected chi connectivity index (χ0v) is 13.4. The first-order valence-corrected chi connectivity index (χ1v) is 7.37. The lowest BCUT2D eigenvalue weighted by molar-refractivity contribution is -0.116. The second kappa shape index (κ2) is 8.03. The highest BCUT2D eigenvalue weighted by Crippen LogP contribution is 2.19. The first kappa shape index (κ1) is 17.4. The van der Waals surface area contributed by atoms with E-state index >= 15 is 0 Å². The van der Waals surface area contributed by atoms with Gasteiger partial charge in [0.2, 0.25) is 5.91 Å². The van der Waals surface area contributed by atoms with Gasteiger partial charge in [0.25, 0.3) is 0 Å². The van der Waals surface area contributed by atoms with E-state index in [1.807, 2.05) is 0 Å². The Labute approximate surface area is 139 Å². The lowest BCUT2D eigenvalue weighted by Gasteiger charge is -2.10. The van der Waals surface area contributed by atoms with Gasteiger partial charge in [0, 0.05) is 12.1 Å². The van der Waals surface area contributed by atoms with Crippen LogP contribution in [0.2, 0.25) is 0 Å². The number of aromatic nitrogens is 3. The summed E-state index contributed by atoms with van der Waals surface area (Å²) in [6.45, 7) is 2.01.